The Kier molecular flexibility index (Phi) is 7.88. The van der Waals surface area contributed by atoms with Crippen LogP contribution in [0.3, 0.4) is 0 Å². The number of rotatable bonds is 7. The summed E-state index contributed by atoms with van der Waals surface area (Å²) in [7, 11) is 0. The zero-order valence-electron chi connectivity index (χ0n) is 16.9. The fourth-order valence-electron chi connectivity index (χ4n) is 3.01. The van der Waals surface area contributed by atoms with E-state index < -0.39 is 11.9 Å². The van der Waals surface area contributed by atoms with E-state index in [1.807, 2.05) is 26.8 Å². The average molecular weight is 438 g/mol. The first-order chi connectivity index (χ1) is 13.6. The predicted octanol–water partition coefficient (Wildman–Crippen LogP) is 3.76. The molecule has 0 saturated heterocycles. The zero-order valence-corrected chi connectivity index (χ0v) is 18.4. The Labute approximate surface area is 180 Å². The summed E-state index contributed by atoms with van der Waals surface area (Å²) in [6.45, 7) is 7.60. The van der Waals surface area contributed by atoms with Gasteiger partial charge in [-0.25, -0.2) is 0 Å². The normalized spacial score (nSPS) is 12.0. The highest BCUT2D eigenvalue weighted by Crippen LogP contribution is 2.21. The lowest BCUT2D eigenvalue weighted by molar-refractivity contribution is -0.123. The van der Waals surface area contributed by atoms with E-state index in [9.17, 15) is 14.4 Å². The number of pyridine rings is 1. The van der Waals surface area contributed by atoms with Gasteiger partial charge >= 0.3 is 0 Å². The van der Waals surface area contributed by atoms with Crippen LogP contribution in [0.15, 0.2) is 29.1 Å². The summed E-state index contributed by atoms with van der Waals surface area (Å²) < 4.78 is 0. The predicted molar refractivity (Wildman–Crippen MR) is 116 cm³/mol. The molecule has 0 aliphatic heterocycles. The molecule has 8 heteroatoms. The van der Waals surface area contributed by atoms with E-state index in [2.05, 4.69) is 15.6 Å². The SMILES string of the molecule is Cc1cc(C)c(CNC(=O)C(CC(C)C)NC(=O)c2ccc(Cl)cc2Cl)c(=O)[nH]1. The molecule has 0 radical (unpaired) electrons. The van der Waals surface area contributed by atoms with Crippen molar-refractivity contribution in [2.75, 3.05) is 0 Å². The third kappa shape index (κ3) is 6.34. The van der Waals surface area contributed by atoms with Gasteiger partial charge < -0.3 is 15.6 Å². The number of carbonyl (C=O) groups excluding carboxylic acids is 2. The lowest BCUT2D eigenvalue weighted by Gasteiger charge is -2.21. The van der Waals surface area contributed by atoms with Gasteiger partial charge in [0.25, 0.3) is 11.5 Å². The van der Waals surface area contributed by atoms with Crippen molar-refractivity contribution in [2.45, 2.75) is 46.7 Å². The molecule has 0 fully saturated rings. The smallest absolute Gasteiger partial charge is 0.253 e. The number of benzene rings is 1. The van der Waals surface area contributed by atoms with Crippen molar-refractivity contribution < 1.29 is 9.59 Å². The second kappa shape index (κ2) is 9.94. The molecule has 0 spiro atoms. The van der Waals surface area contributed by atoms with Crippen LogP contribution in [-0.2, 0) is 11.3 Å². The number of carbonyl (C=O) groups is 2. The highest BCUT2D eigenvalue weighted by molar-refractivity contribution is 6.36. The largest absolute Gasteiger partial charge is 0.350 e. The van der Waals surface area contributed by atoms with Crippen molar-refractivity contribution >= 4 is 35.0 Å². The van der Waals surface area contributed by atoms with Crippen LogP contribution in [0.4, 0.5) is 0 Å². The number of nitrogens with one attached hydrogen (secondary N) is 3. The molecule has 156 valence electrons. The van der Waals surface area contributed by atoms with Gasteiger partial charge in [-0.05, 0) is 56.0 Å². The van der Waals surface area contributed by atoms with Crippen LogP contribution in [0.5, 0.6) is 0 Å². The summed E-state index contributed by atoms with van der Waals surface area (Å²) in [5.41, 5.74) is 2.04. The summed E-state index contributed by atoms with van der Waals surface area (Å²) in [5.74, 6) is -0.662. The number of H-pyrrole nitrogens is 1. The Hall–Kier alpha value is -2.31. The van der Waals surface area contributed by atoms with Crippen molar-refractivity contribution in [3.05, 3.63) is 67.0 Å². The topological polar surface area (TPSA) is 91.1 Å². The summed E-state index contributed by atoms with van der Waals surface area (Å²) in [4.78, 5) is 40.2. The van der Waals surface area contributed by atoms with E-state index in [1.54, 1.807) is 13.0 Å². The van der Waals surface area contributed by atoms with Gasteiger partial charge in [-0.3, -0.25) is 14.4 Å². The molecule has 0 saturated carbocycles. The number of aromatic nitrogens is 1. The maximum Gasteiger partial charge on any atom is 0.253 e. The van der Waals surface area contributed by atoms with Crippen LogP contribution >= 0.6 is 23.2 Å². The molecule has 1 aromatic heterocycles. The third-order valence-corrected chi connectivity index (χ3v) is 4.99. The zero-order chi connectivity index (χ0) is 21.7. The van der Waals surface area contributed by atoms with Crippen LogP contribution in [0.1, 0.15) is 47.4 Å². The Balaban J connectivity index is 2.14. The van der Waals surface area contributed by atoms with E-state index >= 15 is 0 Å². The van der Waals surface area contributed by atoms with E-state index in [4.69, 9.17) is 23.2 Å². The van der Waals surface area contributed by atoms with E-state index in [0.29, 0.717) is 17.0 Å². The van der Waals surface area contributed by atoms with Crippen molar-refractivity contribution in [1.82, 2.24) is 15.6 Å². The van der Waals surface area contributed by atoms with Crippen molar-refractivity contribution in [1.29, 1.82) is 0 Å². The second-order valence-electron chi connectivity index (χ2n) is 7.44. The first-order valence-electron chi connectivity index (χ1n) is 9.31. The maximum atomic E-state index is 12.8. The number of amides is 2. The molecule has 1 aromatic carbocycles. The Bertz CT molecular complexity index is 970. The minimum absolute atomic E-state index is 0.0758. The third-order valence-electron chi connectivity index (χ3n) is 4.44. The Morgan fingerprint density at radius 1 is 1.14 bits per heavy atom. The van der Waals surface area contributed by atoms with Gasteiger partial charge in [-0.2, -0.15) is 0 Å². The van der Waals surface area contributed by atoms with E-state index in [1.165, 1.54) is 12.1 Å². The first-order valence-corrected chi connectivity index (χ1v) is 10.1. The van der Waals surface area contributed by atoms with Gasteiger partial charge in [-0.15, -0.1) is 0 Å². The van der Waals surface area contributed by atoms with Gasteiger partial charge in [0, 0.05) is 22.8 Å². The summed E-state index contributed by atoms with van der Waals surface area (Å²) >= 11 is 12.0. The molecule has 2 rings (SSSR count). The number of aryl methyl sites for hydroxylation is 2. The minimum Gasteiger partial charge on any atom is -0.350 e. The van der Waals surface area contributed by atoms with Crippen molar-refractivity contribution in [3.8, 4) is 0 Å². The molecular formula is C21H25Cl2N3O3. The van der Waals surface area contributed by atoms with Gasteiger partial charge in [0.15, 0.2) is 0 Å². The summed E-state index contributed by atoms with van der Waals surface area (Å²) in [6.07, 6.45) is 0.437. The van der Waals surface area contributed by atoms with Crippen molar-refractivity contribution in [2.24, 2.45) is 5.92 Å². The van der Waals surface area contributed by atoms with Gasteiger partial charge in [0.1, 0.15) is 6.04 Å². The molecule has 2 aromatic rings. The van der Waals surface area contributed by atoms with Gasteiger partial charge in [0.2, 0.25) is 5.91 Å². The number of halogens is 2. The number of hydrogen-bond acceptors (Lipinski definition) is 3. The summed E-state index contributed by atoms with van der Waals surface area (Å²) in [5, 5.41) is 6.12. The molecule has 1 atom stereocenters. The van der Waals surface area contributed by atoms with Crippen LogP contribution in [-0.4, -0.2) is 22.8 Å². The molecule has 0 aliphatic carbocycles. The molecule has 29 heavy (non-hydrogen) atoms. The molecule has 1 unspecified atom stereocenters. The molecule has 3 N–H and O–H groups in total. The highest BCUT2D eigenvalue weighted by atomic mass is 35.5. The molecule has 0 bridgehead atoms. The standard InChI is InChI=1S/C21H25Cl2N3O3/c1-11(2)7-18(26-19(27)15-6-5-14(22)9-17(15)23)21(29)24-10-16-12(3)8-13(4)25-20(16)28/h5-6,8-9,11,18H,7,10H2,1-4H3,(H,24,29)(H,25,28)(H,26,27). The van der Waals surface area contributed by atoms with Gasteiger partial charge in [0.05, 0.1) is 10.6 Å². The molecule has 6 nitrogen and oxygen atoms in total. The maximum absolute atomic E-state index is 12.8. The lowest BCUT2D eigenvalue weighted by atomic mass is 10.0. The van der Waals surface area contributed by atoms with E-state index in [-0.39, 0.29) is 34.5 Å². The highest BCUT2D eigenvalue weighted by Gasteiger charge is 2.24. The number of hydrogen-bond donors (Lipinski definition) is 3. The molecule has 0 aliphatic rings. The Morgan fingerprint density at radius 2 is 1.83 bits per heavy atom. The average Bonchev–Trinajstić information content (AvgIpc) is 2.59. The van der Waals surface area contributed by atoms with Crippen LogP contribution in [0, 0.1) is 19.8 Å². The van der Waals surface area contributed by atoms with Crippen LogP contribution in [0.2, 0.25) is 10.0 Å². The Morgan fingerprint density at radius 3 is 2.41 bits per heavy atom. The van der Waals surface area contributed by atoms with E-state index in [0.717, 1.165) is 11.3 Å². The molecular weight excluding hydrogens is 413 g/mol. The van der Waals surface area contributed by atoms with Crippen LogP contribution < -0.4 is 16.2 Å². The van der Waals surface area contributed by atoms with Crippen LogP contribution in [0.25, 0.3) is 0 Å². The first kappa shape index (κ1) is 23.0. The summed E-state index contributed by atoms with van der Waals surface area (Å²) in [6, 6.07) is 5.63. The fraction of sp³-hybridized carbons (Fsp3) is 0.381. The molecule has 1 heterocycles. The fourth-order valence-corrected chi connectivity index (χ4v) is 3.51. The number of aromatic amines is 1. The lowest BCUT2D eigenvalue weighted by Crippen LogP contribution is -2.47. The minimum atomic E-state index is -0.765. The second-order valence-corrected chi connectivity index (χ2v) is 8.28. The van der Waals surface area contributed by atoms with Crippen molar-refractivity contribution in [3.63, 3.8) is 0 Å². The van der Waals surface area contributed by atoms with Gasteiger partial charge in [-0.1, -0.05) is 37.0 Å². The molecule has 2 amide bonds. The monoisotopic (exact) mass is 437 g/mol. The quantitative estimate of drug-likeness (QED) is 0.615.